The van der Waals surface area contributed by atoms with E-state index in [0.29, 0.717) is 15.6 Å². The van der Waals surface area contributed by atoms with Gasteiger partial charge in [0.05, 0.1) is 6.61 Å². The number of aliphatic hydroxyl groups is 1. The molecule has 1 aromatic rings. The lowest BCUT2D eigenvalue weighted by Crippen LogP contribution is -2.33. The van der Waals surface area contributed by atoms with Gasteiger partial charge >= 0.3 is 0 Å². The molecule has 5 heteroatoms. The van der Waals surface area contributed by atoms with Gasteiger partial charge in [0.1, 0.15) is 0 Å². The molecule has 1 aromatic carbocycles. The first kappa shape index (κ1) is 14.0. The van der Waals surface area contributed by atoms with Crippen LogP contribution in [-0.2, 0) is 4.79 Å². The Balaban J connectivity index is 2.70. The molecule has 0 spiro atoms. The third kappa shape index (κ3) is 4.77. The average Bonchev–Trinajstić information content (AvgIpc) is 2.30. The number of rotatable bonds is 4. The van der Waals surface area contributed by atoms with Gasteiger partial charge in [0.15, 0.2) is 0 Å². The third-order valence-electron chi connectivity index (χ3n) is 2.03. The molecule has 1 amide bonds. The van der Waals surface area contributed by atoms with Crippen LogP contribution in [0.2, 0.25) is 10.0 Å². The maximum atomic E-state index is 11.4. The molecule has 3 nitrogen and oxygen atoms in total. The predicted octanol–water partition coefficient (Wildman–Crippen LogP) is 2.50. The van der Waals surface area contributed by atoms with Crippen LogP contribution in [0.4, 0.5) is 0 Å². The number of halogens is 2. The molecule has 0 radical (unpaired) electrons. The summed E-state index contributed by atoms with van der Waals surface area (Å²) in [7, 11) is 0. The highest BCUT2D eigenvalue weighted by molar-refractivity contribution is 6.34. The Bertz CT molecular complexity index is 433. The summed E-state index contributed by atoms with van der Waals surface area (Å²) in [6.45, 7) is 1.61. The van der Waals surface area contributed by atoms with Crippen molar-refractivity contribution >= 4 is 35.2 Å². The maximum Gasteiger partial charge on any atom is 0.244 e. The SMILES string of the molecule is C[C@@H](CO)NC(=O)/C=C/c1cc(Cl)ccc1Cl. The van der Waals surface area contributed by atoms with Crippen LogP contribution in [0.25, 0.3) is 6.08 Å². The van der Waals surface area contributed by atoms with Crippen LogP contribution >= 0.6 is 23.2 Å². The van der Waals surface area contributed by atoms with E-state index in [4.69, 9.17) is 28.3 Å². The number of hydrogen-bond donors (Lipinski definition) is 2. The largest absolute Gasteiger partial charge is 0.394 e. The van der Waals surface area contributed by atoms with Crippen molar-refractivity contribution in [3.63, 3.8) is 0 Å². The quantitative estimate of drug-likeness (QED) is 0.829. The van der Waals surface area contributed by atoms with E-state index in [1.54, 1.807) is 31.2 Å². The lowest BCUT2D eigenvalue weighted by molar-refractivity contribution is -0.117. The maximum absolute atomic E-state index is 11.4. The third-order valence-corrected chi connectivity index (χ3v) is 2.61. The van der Waals surface area contributed by atoms with Gasteiger partial charge in [0.25, 0.3) is 0 Å². The number of hydrogen-bond acceptors (Lipinski definition) is 2. The van der Waals surface area contributed by atoms with E-state index in [1.165, 1.54) is 6.08 Å². The number of benzene rings is 1. The minimum absolute atomic E-state index is 0.0997. The van der Waals surface area contributed by atoms with Crippen molar-refractivity contribution in [2.24, 2.45) is 0 Å². The zero-order valence-corrected chi connectivity index (χ0v) is 10.8. The van der Waals surface area contributed by atoms with Gasteiger partial charge < -0.3 is 10.4 Å². The molecule has 0 aliphatic rings. The molecule has 0 aliphatic heterocycles. The molecule has 0 saturated heterocycles. The summed E-state index contributed by atoms with van der Waals surface area (Å²) in [6, 6.07) is 4.73. The number of nitrogens with one attached hydrogen (secondary N) is 1. The van der Waals surface area contributed by atoms with Gasteiger partial charge in [0.2, 0.25) is 5.91 Å². The van der Waals surface area contributed by atoms with Crippen molar-refractivity contribution in [2.75, 3.05) is 6.61 Å². The van der Waals surface area contributed by atoms with E-state index in [0.717, 1.165) is 0 Å². The van der Waals surface area contributed by atoms with Crippen molar-refractivity contribution in [3.05, 3.63) is 39.9 Å². The van der Waals surface area contributed by atoms with E-state index in [1.807, 2.05) is 0 Å². The topological polar surface area (TPSA) is 49.3 Å². The molecular weight excluding hydrogens is 261 g/mol. The lowest BCUT2D eigenvalue weighted by Gasteiger charge is -2.07. The van der Waals surface area contributed by atoms with E-state index >= 15 is 0 Å². The van der Waals surface area contributed by atoms with Gasteiger partial charge in [-0.1, -0.05) is 23.2 Å². The lowest BCUT2D eigenvalue weighted by atomic mass is 10.2. The molecular formula is C12H13Cl2NO2. The van der Waals surface area contributed by atoms with Crippen molar-refractivity contribution in [3.8, 4) is 0 Å². The first-order valence-corrected chi connectivity index (χ1v) is 5.83. The predicted molar refractivity (Wildman–Crippen MR) is 70.2 cm³/mol. The van der Waals surface area contributed by atoms with Crippen LogP contribution in [0.3, 0.4) is 0 Å². The Morgan fingerprint density at radius 2 is 2.24 bits per heavy atom. The smallest absolute Gasteiger partial charge is 0.244 e. The van der Waals surface area contributed by atoms with Crippen LogP contribution in [0, 0.1) is 0 Å². The zero-order valence-electron chi connectivity index (χ0n) is 9.28. The molecule has 0 unspecified atom stereocenters. The summed E-state index contributed by atoms with van der Waals surface area (Å²) >= 11 is 11.7. The summed E-state index contributed by atoms with van der Waals surface area (Å²) in [5, 5.41) is 12.4. The van der Waals surface area contributed by atoms with Gasteiger partial charge in [-0.25, -0.2) is 0 Å². The van der Waals surface area contributed by atoms with Crippen LogP contribution < -0.4 is 5.32 Å². The molecule has 0 saturated carbocycles. The molecule has 0 heterocycles. The summed E-state index contributed by atoms with van der Waals surface area (Å²) in [5.41, 5.74) is 0.672. The minimum atomic E-state index is -0.289. The van der Waals surface area contributed by atoms with Crippen LogP contribution in [0.15, 0.2) is 24.3 Å². The number of carbonyl (C=O) groups excluding carboxylic acids is 1. The summed E-state index contributed by atoms with van der Waals surface area (Å²) in [6.07, 6.45) is 2.93. The Labute approximate surface area is 110 Å². The van der Waals surface area contributed by atoms with Crippen LogP contribution in [-0.4, -0.2) is 23.7 Å². The molecule has 17 heavy (non-hydrogen) atoms. The summed E-state index contributed by atoms with van der Waals surface area (Å²) < 4.78 is 0. The van der Waals surface area contributed by atoms with Gasteiger partial charge in [-0.05, 0) is 36.8 Å². The van der Waals surface area contributed by atoms with Gasteiger partial charge in [-0.3, -0.25) is 4.79 Å². The Morgan fingerprint density at radius 3 is 2.88 bits per heavy atom. The highest BCUT2D eigenvalue weighted by Crippen LogP contribution is 2.21. The molecule has 0 aromatic heterocycles. The van der Waals surface area contributed by atoms with Gasteiger partial charge in [0, 0.05) is 22.2 Å². The average molecular weight is 274 g/mol. The van der Waals surface area contributed by atoms with Crippen LogP contribution in [0.1, 0.15) is 12.5 Å². The highest BCUT2D eigenvalue weighted by Gasteiger charge is 2.03. The monoisotopic (exact) mass is 273 g/mol. The van der Waals surface area contributed by atoms with E-state index in [-0.39, 0.29) is 18.6 Å². The summed E-state index contributed by atoms with van der Waals surface area (Å²) in [4.78, 5) is 11.4. The molecule has 0 aliphatic carbocycles. The summed E-state index contributed by atoms with van der Waals surface area (Å²) in [5.74, 6) is -0.289. The normalized spacial score (nSPS) is 12.7. The number of carbonyl (C=O) groups is 1. The van der Waals surface area contributed by atoms with Gasteiger partial charge in [-0.15, -0.1) is 0 Å². The molecule has 92 valence electrons. The van der Waals surface area contributed by atoms with Crippen LogP contribution in [0.5, 0.6) is 0 Å². The molecule has 0 fully saturated rings. The number of aliphatic hydroxyl groups excluding tert-OH is 1. The molecule has 2 N–H and O–H groups in total. The second-order valence-corrected chi connectivity index (χ2v) is 4.44. The Kier molecular flexibility index (Phi) is 5.48. The first-order valence-electron chi connectivity index (χ1n) is 5.07. The van der Waals surface area contributed by atoms with E-state index in [9.17, 15) is 4.79 Å². The van der Waals surface area contributed by atoms with Gasteiger partial charge in [-0.2, -0.15) is 0 Å². The molecule has 0 bridgehead atoms. The fourth-order valence-corrected chi connectivity index (χ4v) is 1.51. The highest BCUT2D eigenvalue weighted by atomic mass is 35.5. The molecule has 1 atom stereocenters. The Hall–Kier alpha value is -1.03. The second kappa shape index (κ2) is 6.64. The fraction of sp³-hybridized carbons (Fsp3) is 0.250. The van der Waals surface area contributed by atoms with Crippen molar-refractivity contribution < 1.29 is 9.90 Å². The van der Waals surface area contributed by atoms with E-state index < -0.39 is 0 Å². The fourth-order valence-electron chi connectivity index (χ4n) is 1.14. The van der Waals surface area contributed by atoms with Crippen molar-refractivity contribution in [1.82, 2.24) is 5.32 Å². The Morgan fingerprint density at radius 1 is 1.53 bits per heavy atom. The van der Waals surface area contributed by atoms with Crippen molar-refractivity contribution in [1.29, 1.82) is 0 Å². The second-order valence-electron chi connectivity index (χ2n) is 3.59. The zero-order chi connectivity index (χ0) is 12.8. The van der Waals surface area contributed by atoms with Crippen molar-refractivity contribution in [2.45, 2.75) is 13.0 Å². The standard InChI is InChI=1S/C12H13Cl2NO2/c1-8(7-16)15-12(17)5-2-9-6-10(13)3-4-11(9)14/h2-6,8,16H,7H2,1H3,(H,15,17)/b5-2+/t8-/m0/s1. The molecule has 1 rings (SSSR count). The number of amides is 1. The first-order chi connectivity index (χ1) is 8.02. The van der Waals surface area contributed by atoms with E-state index in [2.05, 4.69) is 5.32 Å². The minimum Gasteiger partial charge on any atom is -0.394 e.